The molecule has 0 N–H and O–H groups in total. The summed E-state index contributed by atoms with van der Waals surface area (Å²) in [5, 5.41) is 0.791. The van der Waals surface area contributed by atoms with Gasteiger partial charge >= 0.3 is 5.97 Å². The minimum atomic E-state index is -0.578. The van der Waals surface area contributed by atoms with Crippen molar-refractivity contribution in [1.29, 1.82) is 0 Å². The van der Waals surface area contributed by atoms with E-state index in [4.69, 9.17) is 32.7 Å². The molecule has 0 radical (unpaired) electrons. The van der Waals surface area contributed by atoms with E-state index in [1.165, 1.54) is 6.07 Å². The van der Waals surface area contributed by atoms with Crippen LogP contribution >= 0.6 is 23.2 Å². The normalized spacial score (nSPS) is 10.2. The number of hydrogen-bond acceptors (Lipinski definition) is 4. The Kier molecular flexibility index (Phi) is 6.02. The first kappa shape index (κ1) is 17.3. The number of ketones is 1. The number of halogens is 2. The summed E-state index contributed by atoms with van der Waals surface area (Å²) in [5.74, 6) is 0.138. The molecule has 0 fully saturated rings. The number of carbonyl (C=O) groups is 2. The number of carbonyl (C=O) groups excluding carboxylic acids is 2. The lowest BCUT2D eigenvalue weighted by Gasteiger charge is -2.08. The van der Waals surface area contributed by atoms with Crippen molar-refractivity contribution in [2.75, 3.05) is 6.61 Å². The summed E-state index contributed by atoms with van der Waals surface area (Å²) in [7, 11) is 0. The molecule has 23 heavy (non-hydrogen) atoms. The lowest BCUT2D eigenvalue weighted by Crippen LogP contribution is -2.17. The van der Waals surface area contributed by atoms with Crippen molar-refractivity contribution in [3.8, 4) is 11.5 Å². The Morgan fingerprint density at radius 3 is 2.35 bits per heavy atom. The molecule has 0 aliphatic rings. The number of Topliss-reactive ketones (excluding diaryl/α,β-unsaturated/α-hetero) is 1. The second kappa shape index (κ2) is 7.99. The van der Waals surface area contributed by atoms with Crippen LogP contribution in [0.4, 0.5) is 0 Å². The van der Waals surface area contributed by atoms with Gasteiger partial charge in [-0.25, -0.2) is 4.79 Å². The van der Waals surface area contributed by atoms with Gasteiger partial charge in [0.2, 0.25) is 0 Å². The van der Waals surface area contributed by atoms with Crippen LogP contribution in [-0.2, 0) is 4.79 Å². The predicted molar refractivity (Wildman–Crippen MR) is 88.7 cm³/mol. The Bertz CT molecular complexity index is 711. The largest absolute Gasteiger partial charge is 0.480 e. The summed E-state index contributed by atoms with van der Waals surface area (Å²) >= 11 is 11.7. The van der Waals surface area contributed by atoms with E-state index in [2.05, 4.69) is 0 Å². The molecule has 0 atom stereocenters. The van der Waals surface area contributed by atoms with Gasteiger partial charge in [0, 0.05) is 17.0 Å². The third kappa shape index (κ3) is 4.98. The predicted octanol–water partition coefficient (Wildman–Crippen LogP) is 4.57. The van der Waals surface area contributed by atoms with Crippen molar-refractivity contribution in [2.45, 2.75) is 13.3 Å². The Labute approximate surface area is 143 Å². The summed E-state index contributed by atoms with van der Waals surface area (Å²) in [4.78, 5) is 23.3. The zero-order valence-corrected chi connectivity index (χ0v) is 13.9. The minimum absolute atomic E-state index is 0.0311. The Hall–Kier alpha value is -2.04. The van der Waals surface area contributed by atoms with E-state index in [0.717, 1.165) is 0 Å². The fourth-order valence-corrected chi connectivity index (χ4v) is 2.27. The van der Waals surface area contributed by atoms with E-state index in [0.29, 0.717) is 33.5 Å². The lowest BCUT2D eigenvalue weighted by atomic mass is 10.1. The van der Waals surface area contributed by atoms with Gasteiger partial charge in [0.15, 0.2) is 12.4 Å². The summed E-state index contributed by atoms with van der Waals surface area (Å²) in [6.07, 6.45) is 0.425. The standard InChI is InChI=1S/C17H14Cl2O4/c1-2-15(20)11-3-6-13(7-4-11)23-17(21)10-22-16-8-5-12(18)9-14(16)19/h3-9H,2,10H2,1H3. The minimum Gasteiger partial charge on any atom is -0.480 e. The zero-order chi connectivity index (χ0) is 16.8. The Morgan fingerprint density at radius 2 is 1.74 bits per heavy atom. The maximum absolute atomic E-state index is 11.8. The molecule has 0 bridgehead atoms. The van der Waals surface area contributed by atoms with Crippen molar-refractivity contribution in [3.63, 3.8) is 0 Å². The molecule has 120 valence electrons. The second-order valence-corrected chi connectivity index (χ2v) is 5.48. The highest BCUT2D eigenvalue weighted by atomic mass is 35.5. The monoisotopic (exact) mass is 352 g/mol. The highest BCUT2D eigenvalue weighted by Crippen LogP contribution is 2.27. The lowest BCUT2D eigenvalue weighted by molar-refractivity contribution is -0.136. The van der Waals surface area contributed by atoms with Gasteiger partial charge in [-0.2, -0.15) is 0 Å². The van der Waals surface area contributed by atoms with Crippen LogP contribution in [0, 0.1) is 0 Å². The average molecular weight is 353 g/mol. The Balaban J connectivity index is 1.90. The third-order valence-corrected chi connectivity index (χ3v) is 3.50. The van der Waals surface area contributed by atoms with Gasteiger partial charge in [-0.15, -0.1) is 0 Å². The average Bonchev–Trinajstić information content (AvgIpc) is 2.54. The summed E-state index contributed by atoms with van der Waals surface area (Å²) in [6, 6.07) is 11.1. The first-order valence-corrected chi connectivity index (χ1v) is 7.67. The molecule has 0 saturated carbocycles. The molecule has 0 aliphatic heterocycles. The van der Waals surface area contributed by atoms with Crippen LogP contribution in [-0.4, -0.2) is 18.4 Å². The molecule has 2 aromatic rings. The number of ether oxygens (including phenoxy) is 2. The van der Waals surface area contributed by atoms with Gasteiger partial charge in [-0.3, -0.25) is 4.79 Å². The maximum atomic E-state index is 11.8. The maximum Gasteiger partial charge on any atom is 0.349 e. The van der Waals surface area contributed by atoms with E-state index in [-0.39, 0.29) is 12.4 Å². The first-order chi connectivity index (χ1) is 11.0. The molecule has 2 rings (SSSR count). The van der Waals surface area contributed by atoms with Crippen molar-refractivity contribution in [3.05, 3.63) is 58.1 Å². The fraction of sp³-hybridized carbons (Fsp3) is 0.176. The van der Waals surface area contributed by atoms with Crippen LogP contribution in [0.25, 0.3) is 0 Å². The summed E-state index contributed by atoms with van der Waals surface area (Å²) in [5.41, 5.74) is 0.580. The van der Waals surface area contributed by atoms with E-state index >= 15 is 0 Å². The van der Waals surface area contributed by atoms with E-state index in [1.54, 1.807) is 43.3 Å². The van der Waals surface area contributed by atoms with Crippen LogP contribution in [0.1, 0.15) is 23.7 Å². The van der Waals surface area contributed by atoms with Crippen molar-refractivity contribution in [2.24, 2.45) is 0 Å². The molecule has 0 aliphatic carbocycles. The topological polar surface area (TPSA) is 52.6 Å². The fourth-order valence-electron chi connectivity index (χ4n) is 1.80. The van der Waals surface area contributed by atoms with E-state index in [9.17, 15) is 9.59 Å². The van der Waals surface area contributed by atoms with Gasteiger partial charge in [0.25, 0.3) is 0 Å². The van der Waals surface area contributed by atoms with E-state index < -0.39 is 5.97 Å². The van der Waals surface area contributed by atoms with Gasteiger partial charge in [0.1, 0.15) is 11.5 Å². The Morgan fingerprint density at radius 1 is 1.04 bits per heavy atom. The zero-order valence-electron chi connectivity index (χ0n) is 12.3. The molecule has 0 saturated heterocycles. The molecule has 0 heterocycles. The highest BCUT2D eigenvalue weighted by Gasteiger charge is 2.09. The third-order valence-electron chi connectivity index (χ3n) is 2.97. The number of rotatable bonds is 6. The van der Waals surface area contributed by atoms with Crippen LogP contribution in [0.3, 0.4) is 0 Å². The van der Waals surface area contributed by atoms with Gasteiger partial charge in [-0.05, 0) is 42.5 Å². The second-order valence-electron chi connectivity index (χ2n) is 4.64. The molecule has 0 amide bonds. The van der Waals surface area contributed by atoms with Crippen LogP contribution in [0.15, 0.2) is 42.5 Å². The molecule has 6 heteroatoms. The number of hydrogen-bond donors (Lipinski definition) is 0. The van der Waals surface area contributed by atoms with Crippen LogP contribution in [0.5, 0.6) is 11.5 Å². The molecule has 0 spiro atoms. The molecular weight excluding hydrogens is 339 g/mol. The van der Waals surface area contributed by atoms with Gasteiger partial charge in [-0.1, -0.05) is 30.1 Å². The van der Waals surface area contributed by atoms with E-state index in [1.807, 2.05) is 0 Å². The summed E-state index contributed by atoms with van der Waals surface area (Å²) in [6.45, 7) is 1.49. The SMILES string of the molecule is CCC(=O)c1ccc(OC(=O)COc2ccc(Cl)cc2Cl)cc1. The molecule has 4 nitrogen and oxygen atoms in total. The van der Waals surface area contributed by atoms with Crippen molar-refractivity contribution in [1.82, 2.24) is 0 Å². The van der Waals surface area contributed by atoms with Crippen LogP contribution in [0.2, 0.25) is 10.0 Å². The molecule has 2 aromatic carbocycles. The van der Waals surface area contributed by atoms with Crippen molar-refractivity contribution >= 4 is 35.0 Å². The highest BCUT2D eigenvalue weighted by molar-refractivity contribution is 6.35. The number of benzene rings is 2. The van der Waals surface area contributed by atoms with Gasteiger partial charge < -0.3 is 9.47 Å². The quantitative estimate of drug-likeness (QED) is 0.434. The molecule has 0 aromatic heterocycles. The summed E-state index contributed by atoms with van der Waals surface area (Å²) < 4.78 is 10.4. The smallest absolute Gasteiger partial charge is 0.349 e. The first-order valence-electron chi connectivity index (χ1n) is 6.91. The van der Waals surface area contributed by atoms with Crippen molar-refractivity contribution < 1.29 is 19.1 Å². The van der Waals surface area contributed by atoms with Gasteiger partial charge in [0.05, 0.1) is 5.02 Å². The molecule has 0 unspecified atom stereocenters. The number of esters is 1. The molecular formula is C17H14Cl2O4. The van der Waals surface area contributed by atoms with Crippen LogP contribution < -0.4 is 9.47 Å².